The SMILES string of the molecule is CCSc1nn2c(C3CC3)ccnc2c1C(=O)Nc1cc(C(F)(F)F)ncc1NC. The van der Waals surface area contributed by atoms with E-state index in [0.717, 1.165) is 30.8 Å². The summed E-state index contributed by atoms with van der Waals surface area (Å²) in [6, 6.07) is 2.70. The summed E-state index contributed by atoms with van der Waals surface area (Å²) in [4.78, 5) is 20.9. The maximum absolute atomic E-state index is 13.2. The second-order valence-electron chi connectivity index (χ2n) is 6.81. The Bertz CT molecular complexity index is 1110. The first-order valence-corrected chi connectivity index (χ1v) is 10.4. The minimum Gasteiger partial charge on any atom is -0.385 e. The van der Waals surface area contributed by atoms with Gasteiger partial charge in [0.1, 0.15) is 16.3 Å². The number of anilines is 2. The van der Waals surface area contributed by atoms with Gasteiger partial charge in [0.05, 0.1) is 17.6 Å². The van der Waals surface area contributed by atoms with Crippen LogP contribution in [0.5, 0.6) is 0 Å². The molecule has 0 bridgehead atoms. The number of alkyl halides is 3. The number of carbonyl (C=O) groups is 1. The van der Waals surface area contributed by atoms with Crippen molar-refractivity contribution in [2.75, 3.05) is 23.4 Å². The van der Waals surface area contributed by atoms with Crippen molar-refractivity contribution in [1.29, 1.82) is 0 Å². The van der Waals surface area contributed by atoms with Crippen LogP contribution in [0.25, 0.3) is 5.65 Å². The van der Waals surface area contributed by atoms with Crippen molar-refractivity contribution in [1.82, 2.24) is 19.6 Å². The summed E-state index contributed by atoms with van der Waals surface area (Å²) in [6.45, 7) is 1.93. The molecule has 4 rings (SSSR count). The predicted octanol–water partition coefficient (Wildman–Crippen LogP) is 4.43. The Kier molecular flexibility index (Phi) is 5.31. The van der Waals surface area contributed by atoms with Crippen molar-refractivity contribution in [3.8, 4) is 0 Å². The number of halogens is 3. The minimum absolute atomic E-state index is 0.0185. The molecule has 158 valence electrons. The summed E-state index contributed by atoms with van der Waals surface area (Å²) in [5.74, 6) is 0.492. The molecule has 0 aromatic carbocycles. The molecular weight excluding hydrogens is 417 g/mol. The van der Waals surface area contributed by atoms with Crippen LogP contribution in [0.4, 0.5) is 24.5 Å². The number of hydrogen-bond acceptors (Lipinski definition) is 6. The third kappa shape index (κ3) is 3.81. The maximum Gasteiger partial charge on any atom is 0.433 e. The molecule has 0 atom stereocenters. The summed E-state index contributed by atoms with van der Waals surface area (Å²) in [5, 5.41) is 10.4. The number of amides is 1. The van der Waals surface area contributed by atoms with Gasteiger partial charge in [0.25, 0.3) is 5.91 Å². The van der Waals surface area contributed by atoms with Gasteiger partial charge in [0.2, 0.25) is 0 Å². The van der Waals surface area contributed by atoms with Crippen LogP contribution in [0, 0.1) is 0 Å². The van der Waals surface area contributed by atoms with Crippen LogP contribution in [-0.4, -0.2) is 38.3 Å². The van der Waals surface area contributed by atoms with E-state index in [9.17, 15) is 18.0 Å². The fraction of sp³-hybridized carbons (Fsp3) is 0.368. The molecule has 3 heterocycles. The lowest BCUT2D eigenvalue weighted by atomic mass is 10.2. The number of nitrogens with zero attached hydrogens (tertiary/aromatic N) is 4. The number of hydrogen-bond donors (Lipinski definition) is 2. The zero-order valence-electron chi connectivity index (χ0n) is 16.2. The lowest BCUT2D eigenvalue weighted by Crippen LogP contribution is -2.16. The van der Waals surface area contributed by atoms with Crippen molar-refractivity contribution in [3.63, 3.8) is 0 Å². The van der Waals surface area contributed by atoms with E-state index in [-0.39, 0.29) is 16.9 Å². The van der Waals surface area contributed by atoms with Crippen LogP contribution in [0.2, 0.25) is 0 Å². The number of rotatable bonds is 6. The normalized spacial score (nSPS) is 14.2. The molecule has 0 radical (unpaired) electrons. The molecule has 0 saturated heterocycles. The van der Waals surface area contributed by atoms with E-state index in [1.807, 2.05) is 13.0 Å². The maximum atomic E-state index is 13.2. The average molecular weight is 436 g/mol. The van der Waals surface area contributed by atoms with E-state index in [0.29, 0.717) is 22.3 Å². The summed E-state index contributed by atoms with van der Waals surface area (Å²) in [5.41, 5.74) is 0.782. The largest absolute Gasteiger partial charge is 0.433 e. The lowest BCUT2D eigenvalue weighted by molar-refractivity contribution is -0.141. The molecule has 2 N–H and O–H groups in total. The van der Waals surface area contributed by atoms with Crippen LogP contribution < -0.4 is 10.6 Å². The number of thioether (sulfide) groups is 1. The monoisotopic (exact) mass is 436 g/mol. The summed E-state index contributed by atoms with van der Waals surface area (Å²) in [6.07, 6.45) is 0.161. The summed E-state index contributed by atoms with van der Waals surface area (Å²) in [7, 11) is 1.54. The molecule has 3 aromatic heterocycles. The lowest BCUT2D eigenvalue weighted by Gasteiger charge is -2.13. The van der Waals surface area contributed by atoms with Gasteiger partial charge < -0.3 is 10.6 Å². The molecule has 1 saturated carbocycles. The fourth-order valence-corrected chi connectivity index (χ4v) is 3.91. The number of pyridine rings is 1. The van der Waals surface area contributed by atoms with E-state index in [1.54, 1.807) is 10.7 Å². The second-order valence-corrected chi connectivity index (χ2v) is 8.06. The first-order valence-electron chi connectivity index (χ1n) is 9.40. The van der Waals surface area contributed by atoms with Gasteiger partial charge in [-0.05, 0) is 30.7 Å². The highest BCUT2D eigenvalue weighted by Gasteiger charge is 2.34. The van der Waals surface area contributed by atoms with Gasteiger partial charge in [-0.3, -0.25) is 4.79 Å². The summed E-state index contributed by atoms with van der Waals surface area (Å²) >= 11 is 1.38. The van der Waals surface area contributed by atoms with E-state index in [1.165, 1.54) is 18.8 Å². The van der Waals surface area contributed by atoms with Crippen LogP contribution in [0.3, 0.4) is 0 Å². The molecule has 7 nitrogen and oxygen atoms in total. The van der Waals surface area contributed by atoms with Crippen molar-refractivity contribution in [2.45, 2.75) is 36.9 Å². The summed E-state index contributed by atoms with van der Waals surface area (Å²) < 4.78 is 41.0. The van der Waals surface area contributed by atoms with Crippen LogP contribution >= 0.6 is 11.8 Å². The highest BCUT2D eigenvalue weighted by molar-refractivity contribution is 7.99. The Morgan fingerprint density at radius 2 is 2.07 bits per heavy atom. The van der Waals surface area contributed by atoms with E-state index >= 15 is 0 Å². The fourth-order valence-electron chi connectivity index (χ4n) is 3.17. The molecule has 0 spiro atoms. The number of fused-ring (bicyclic) bond motifs is 1. The molecule has 1 fully saturated rings. The third-order valence-corrected chi connectivity index (χ3v) is 5.58. The van der Waals surface area contributed by atoms with Crippen molar-refractivity contribution >= 4 is 34.7 Å². The number of nitrogens with one attached hydrogen (secondary N) is 2. The third-order valence-electron chi connectivity index (χ3n) is 4.73. The Morgan fingerprint density at radius 1 is 1.30 bits per heavy atom. The molecule has 0 unspecified atom stereocenters. The number of aromatic nitrogens is 4. The van der Waals surface area contributed by atoms with Crippen LogP contribution in [0.1, 0.15) is 47.4 Å². The quantitative estimate of drug-likeness (QED) is 0.557. The van der Waals surface area contributed by atoms with Crippen molar-refractivity contribution in [2.24, 2.45) is 0 Å². The van der Waals surface area contributed by atoms with E-state index in [4.69, 9.17) is 0 Å². The van der Waals surface area contributed by atoms with Crippen LogP contribution in [0.15, 0.2) is 29.6 Å². The van der Waals surface area contributed by atoms with E-state index < -0.39 is 17.8 Å². The van der Waals surface area contributed by atoms with Crippen molar-refractivity contribution < 1.29 is 18.0 Å². The molecule has 30 heavy (non-hydrogen) atoms. The smallest absolute Gasteiger partial charge is 0.385 e. The zero-order chi connectivity index (χ0) is 21.5. The Morgan fingerprint density at radius 3 is 2.70 bits per heavy atom. The molecule has 1 aliphatic rings. The first-order chi connectivity index (χ1) is 14.3. The van der Waals surface area contributed by atoms with E-state index in [2.05, 4.69) is 25.7 Å². The topological polar surface area (TPSA) is 84.2 Å². The molecule has 1 amide bonds. The first kappa shape index (κ1) is 20.5. The average Bonchev–Trinajstić information content (AvgIpc) is 3.47. The van der Waals surface area contributed by atoms with Gasteiger partial charge >= 0.3 is 6.18 Å². The van der Waals surface area contributed by atoms with Gasteiger partial charge in [0.15, 0.2) is 5.65 Å². The van der Waals surface area contributed by atoms with Gasteiger partial charge in [-0.15, -0.1) is 11.8 Å². The zero-order valence-corrected chi connectivity index (χ0v) is 17.1. The van der Waals surface area contributed by atoms with Gasteiger partial charge in [-0.1, -0.05) is 6.92 Å². The van der Waals surface area contributed by atoms with Crippen molar-refractivity contribution in [3.05, 3.63) is 41.5 Å². The predicted molar refractivity (Wildman–Crippen MR) is 108 cm³/mol. The van der Waals surface area contributed by atoms with Gasteiger partial charge in [-0.2, -0.15) is 18.3 Å². The Labute approximate surface area is 174 Å². The van der Waals surface area contributed by atoms with Gasteiger partial charge in [-0.25, -0.2) is 14.5 Å². The highest BCUT2D eigenvalue weighted by atomic mass is 32.2. The Balaban J connectivity index is 1.77. The molecule has 3 aromatic rings. The Hall–Kier alpha value is -2.82. The van der Waals surface area contributed by atoms with Gasteiger partial charge in [0, 0.05) is 24.9 Å². The molecular formula is C19H19F3N6OS. The van der Waals surface area contributed by atoms with Crippen LogP contribution in [-0.2, 0) is 6.18 Å². The molecule has 11 heteroatoms. The number of carbonyl (C=O) groups excluding carboxylic acids is 1. The molecule has 0 aliphatic heterocycles. The molecule has 1 aliphatic carbocycles. The highest BCUT2D eigenvalue weighted by Crippen LogP contribution is 2.40. The standard InChI is InChI=1S/C19H19F3N6OS/c1-3-30-18-15(16-24-7-6-13(10-4-5-10)28(16)27-18)17(29)26-11-8-14(19(20,21)22)25-9-12(11)23-2/h6-10,23H,3-5H2,1-2H3,(H,25,26,29). The minimum atomic E-state index is -4.62. The second kappa shape index (κ2) is 7.78.